The molecule has 1 N–H and O–H groups in total. The maximum atomic E-state index is 12.2. The van der Waals surface area contributed by atoms with Gasteiger partial charge in [0.25, 0.3) is 0 Å². The van der Waals surface area contributed by atoms with Crippen molar-refractivity contribution in [3.63, 3.8) is 0 Å². The van der Waals surface area contributed by atoms with Gasteiger partial charge in [-0.2, -0.15) is 5.10 Å². The van der Waals surface area contributed by atoms with E-state index >= 15 is 0 Å². The Morgan fingerprint density at radius 2 is 2.40 bits per heavy atom. The van der Waals surface area contributed by atoms with Crippen LogP contribution in [-0.4, -0.2) is 46.0 Å². The summed E-state index contributed by atoms with van der Waals surface area (Å²) in [5.74, 6) is 0.730. The molecule has 7 nitrogen and oxygen atoms in total. The van der Waals surface area contributed by atoms with Crippen molar-refractivity contribution in [1.82, 2.24) is 20.1 Å². The first-order chi connectivity index (χ1) is 12.2. The SMILES string of the molecule is Cc1ccc(O[C@H]2CCOC[C@H]2NC(=O)CCCn2cccn2)cn1. The minimum atomic E-state index is -0.146. The van der Waals surface area contributed by atoms with Crippen LogP contribution in [0.3, 0.4) is 0 Å². The smallest absolute Gasteiger partial charge is 0.220 e. The van der Waals surface area contributed by atoms with Gasteiger partial charge in [-0.25, -0.2) is 0 Å². The first-order valence-electron chi connectivity index (χ1n) is 8.64. The van der Waals surface area contributed by atoms with Crippen LogP contribution in [-0.2, 0) is 16.1 Å². The fraction of sp³-hybridized carbons (Fsp3) is 0.500. The number of amides is 1. The average Bonchev–Trinajstić information content (AvgIpc) is 3.12. The molecule has 0 radical (unpaired) electrons. The van der Waals surface area contributed by atoms with E-state index in [0.29, 0.717) is 19.6 Å². The van der Waals surface area contributed by atoms with Gasteiger partial charge in [-0.3, -0.25) is 14.5 Å². The van der Waals surface area contributed by atoms with Crippen LogP contribution in [0.5, 0.6) is 5.75 Å². The Labute approximate surface area is 147 Å². The number of aromatic nitrogens is 3. The molecule has 2 aromatic rings. The van der Waals surface area contributed by atoms with Crippen molar-refractivity contribution in [2.45, 2.75) is 44.9 Å². The average molecular weight is 344 g/mol. The fourth-order valence-corrected chi connectivity index (χ4v) is 2.81. The molecule has 0 spiro atoms. The molecular weight excluding hydrogens is 320 g/mol. The molecule has 1 saturated heterocycles. The number of nitrogens with one attached hydrogen (secondary N) is 1. The van der Waals surface area contributed by atoms with E-state index < -0.39 is 0 Å². The number of pyridine rings is 1. The number of carbonyl (C=O) groups excluding carboxylic acids is 1. The summed E-state index contributed by atoms with van der Waals surface area (Å²) < 4.78 is 13.4. The molecule has 3 rings (SSSR count). The number of carbonyl (C=O) groups is 1. The Balaban J connectivity index is 1.48. The number of aryl methyl sites for hydroxylation is 2. The molecular formula is C18H24N4O3. The van der Waals surface area contributed by atoms with Crippen molar-refractivity contribution < 1.29 is 14.3 Å². The second-order valence-electron chi connectivity index (χ2n) is 6.20. The van der Waals surface area contributed by atoms with Gasteiger partial charge in [0.05, 0.1) is 25.5 Å². The first kappa shape index (κ1) is 17.4. The van der Waals surface area contributed by atoms with Crippen molar-refractivity contribution in [1.29, 1.82) is 0 Å². The van der Waals surface area contributed by atoms with Gasteiger partial charge in [0.15, 0.2) is 0 Å². The Kier molecular flexibility index (Phi) is 6.00. The molecule has 25 heavy (non-hydrogen) atoms. The normalized spacial score (nSPS) is 20.2. The van der Waals surface area contributed by atoms with Gasteiger partial charge in [0.1, 0.15) is 11.9 Å². The van der Waals surface area contributed by atoms with Gasteiger partial charge in [-0.1, -0.05) is 0 Å². The molecule has 2 aromatic heterocycles. The molecule has 0 aromatic carbocycles. The Morgan fingerprint density at radius 1 is 1.48 bits per heavy atom. The van der Waals surface area contributed by atoms with Gasteiger partial charge in [0.2, 0.25) is 5.91 Å². The van der Waals surface area contributed by atoms with Crippen molar-refractivity contribution in [2.24, 2.45) is 0 Å². The third kappa shape index (κ3) is 5.29. The molecule has 0 aliphatic carbocycles. The lowest BCUT2D eigenvalue weighted by Gasteiger charge is -2.32. The summed E-state index contributed by atoms with van der Waals surface area (Å²) in [5, 5.41) is 7.17. The van der Waals surface area contributed by atoms with Crippen molar-refractivity contribution in [2.75, 3.05) is 13.2 Å². The van der Waals surface area contributed by atoms with Gasteiger partial charge in [-0.05, 0) is 31.5 Å². The van der Waals surface area contributed by atoms with E-state index in [9.17, 15) is 4.79 Å². The molecule has 2 atom stereocenters. The van der Waals surface area contributed by atoms with E-state index in [4.69, 9.17) is 9.47 Å². The third-order valence-electron chi connectivity index (χ3n) is 4.16. The highest BCUT2D eigenvalue weighted by atomic mass is 16.5. The zero-order chi connectivity index (χ0) is 17.5. The highest BCUT2D eigenvalue weighted by molar-refractivity contribution is 5.76. The number of hydrogen-bond donors (Lipinski definition) is 1. The molecule has 0 saturated carbocycles. The predicted octanol–water partition coefficient (Wildman–Crippen LogP) is 1.72. The van der Waals surface area contributed by atoms with Gasteiger partial charge < -0.3 is 14.8 Å². The van der Waals surface area contributed by atoms with E-state index in [1.807, 2.05) is 36.0 Å². The second-order valence-corrected chi connectivity index (χ2v) is 6.20. The van der Waals surface area contributed by atoms with Gasteiger partial charge >= 0.3 is 0 Å². The highest BCUT2D eigenvalue weighted by Crippen LogP contribution is 2.18. The molecule has 0 unspecified atom stereocenters. The molecule has 1 fully saturated rings. The summed E-state index contributed by atoms with van der Waals surface area (Å²) in [5.41, 5.74) is 0.946. The monoisotopic (exact) mass is 344 g/mol. The number of rotatable bonds is 7. The van der Waals surface area contributed by atoms with E-state index in [1.54, 1.807) is 12.4 Å². The molecule has 1 amide bonds. The van der Waals surface area contributed by atoms with Crippen LogP contribution in [0, 0.1) is 6.92 Å². The van der Waals surface area contributed by atoms with E-state index in [2.05, 4.69) is 15.4 Å². The predicted molar refractivity (Wildman–Crippen MR) is 92.2 cm³/mol. The lowest BCUT2D eigenvalue weighted by molar-refractivity contribution is -0.124. The summed E-state index contributed by atoms with van der Waals surface area (Å²) >= 11 is 0. The van der Waals surface area contributed by atoms with Crippen LogP contribution in [0.1, 0.15) is 25.0 Å². The van der Waals surface area contributed by atoms with Crippen LogP contribution >= 0.6 is 0 Å². The Hall–Kier alpha value is -2.41. The minimum Gasteiger partial charge on any atom is -0.486 e. The van der Waals surface area contributed by atoms with Gasteiger partial charge in [-0.15, -0.1) is 0 Å². The van der Waals surface area contributed by atoms with E-state index in [-0.39, 0.29) is 18.1 Å². The Bertz CT molecular complexity index is 657. The minimum absolute atomic E-state index is 0.0123. The summed E-state index contributed by atoms with van der Waals surface area (Å²) in [4.78, 5) is 16.5. The van der Waals surface area contributed by atoms with Crippen LogP contribution in [0.4, 0.5) is 0 Å². The zero-order valence-electron chi connectivity index (χ0n) is 14.4. The van der Waals surface area contributed by atoms with Crippen LogP contribution in [0.25, 0.3) is 0 Å². The number of hydrogen-bond acceptors (Lipinski definition) is 5. The number of nitrogens with zero attached hydrogens (tertiary/aromatic N) is 3. The van der Waals surface area contributed by atoms with Crippen LogP contribution < -0.4 is 10.1 Å². The lowest BCUT2D eigenvalue weighted by atomic mass is 10.1. The second kappa shape index (κ2) is 8.62. The van der Waals surface area contributed by atoms with E-state index in [0.717, 1.165) is 30.8 Å². The van der Waals surface area contributed by atoms with Gasteiger partial charge in [0, 0.05) is 37.5 Å². The summed E-state index contributed by atoms with van der Waals surface area (Å²) in [6.45, 7) is 3.77. The maximum Gasteiger partial charge on any atom is 0.220 e. The topological polar surface area (TPSA) is 78.3 Å². The third-order valence-corrected chi connectivity index (χ3v) is 4.16. The molecule has 7 heteroatoms. The lowest BCUT2D eigenvalue weighted by Crippen LogP contribution is -2.51. The molecule has 3 heterocycles. The quantitative estimate of drug-likeness (QED) is 0.827. The number of ether oxygens (including phenoxy) is 2. The first-order valence-corrected chi connectivity index (χ1v) is 8.64. The molecule has 134 valence electrons. The van der Waals surface area contributed by atoms with Crippen molar-refractivity contribution in [3.05, 3.63) is 42.5 Å². The Morgan fingerprint density at radius 3 is 3.16 bits per heavy atom. The summed E-state index contributed by atoms with van der Waals surface area (Å²) in [6.07, 6.45) is 7.19. The van der Waals surface area contributed by atoms with Crippen molar-refractivity contribution >= 4 is 5.91 Å². The fourth-order valence-electron chi connectivity index (χ4n) is 2.81. The maximum absolute atomic E-state index is 12.2. The molecule has 1 aliphatic heterocycles. The largest absolute Gasteiger partial charge is 0.486 e. The van der Waals surface area contributed by atoms with Crippen LogP contribution in [0.2, 0.25) is 0 Å². The molecule has 0 bridgehead atoms. The highest BCUT2D eigenvalue weighted by Gasteiger charge is 2.28. The standard InChI is InChI=1S/C18H24N4O3/c1-14-5-6-15(12-19-14)25-17-7-11-24-13-16(17)21-18(23)4-2-9-22-10-3-8-20-22/h3,5-6,8,10,12,16-17H,2,4,7,9,11,13H2,1H3,(H,21,23)/t16-,17+/m1/s1. The summed E-state index contributed by atoms with van der Waals surface area (Å²) in [7, 11) is 0. The molecule has 1 aliphatic rings. The van der Waals surface area contributed by atoms with E-state index in [1.165, 1.54) is 0 Å². The van der Waals surface area contributed by atoms with Crippen LogP contribution in [0.15, 0.2) is 36.8 Å². The summed E-state index contributed by atoms with van der Waals surface area (Å²) in [6, 6.07) is 5.55. The van der Waals surface area contributed by atoms with Crippen molar-refractivity contribution in [3.8, 4) is 5.75 Å². The zero-order valence-corrected chi connectivity index (χ0v) is 14.4.